The smallest absolute Gasteiger partial charge is 0.306 e. The van der Waals surface area contributed by atoms with E-state index in [4.69, 9.17) is 4.74 Å². The van der Waals surface area contributed by atoms with Crippen LogP contribution < -0.4 is 0 Å². The highest BCUT2D eigenvalue weighted by Crippen LogP contribution is 2.12. The fourth-order valence-electron chi connectivity index (χ4n) is 3.27. The molecule has 0 amide bonds. The number of ether oxygens (including phenoxy) is 1. The number of aryl methyl sites for hydroxylation is 1. The lowest BCUT2D eigenvalue weighted by molar-refractivity contribution is -0.143. The maximum absolute atomic E-state index is 11.7. The molecule has 2 nitrogen and oxygen atoms in total. The van der Waals surface area contributed by atoms with Crippen LogP contribution in [0.3, 0.4) is 0 Å². The number of hydrogen-bond acceptors (Lipinski definition) is 2. The molecule has 0 bridgehead atoms. The van der Waals surface area contributed by atoms with Crippen molar-refractivity contribution in [3.8, 4) is 0 Å². The van der Waals surface area contributed by atoms with Gasteiger partial charge in [-0.05, 0) is 18.4 Å². The monoisotopic (exact) mass is 360 g/mol. The van der Waals surface area contributed by atoms with Crippen molar-refractivity contribution in [1.29, 1.82) is 0 Å². The summed E-state index contributed by atoms with van der Waals surface area (Å²) < 4.78 is 5.32. The summed E-state index contributed by atoms with van der Waals surface area (Å²) in [6, 6.07) is 10.1. The molecular formula is C24H40O2. The van der Waals surface area contributed by atoms with Gasteiger partial charge >= 0.3 is 5.97 Å². The van der Waals surface area contributed by atoms with Gasteiger partial charge in [0.15, 0.2) is 0 Å². The standard InChI is InChI=1S/C24H40O2/c1-2-3-4-5-6-7-8-9-10-11-12-13-17-22-26-24(25)21-20-23-18-15-14-16-19-23/h14-16,18-19H,2-13,17,20-22H2,1H3. The summed E-state index contributed by atoms with van der Waals surface area (Å²) in [6.07, 6.45) is 18.7. The normalized spacial score (nSPS) is 10.8. The molecule has 0 saturated carbocycles. The van der Waals surface area contributed by atoms with Crippen LogP contribution in [0.15, 0.2) is 30.3 Å². The molecule has 0 aromatic heterocycles. The number of benzene rings is 1. The average Bonchev–Trinajstić information content (AvgIpc) is 2.67. The van der Waals surface area contributed by atoms with E-state index in [1.54, 1.807) is 0 Å². The third-order valence-corrected chi connectivity index (χ3v) is 4.97. The summed E-state index contributed by atoms with van der Waals surface area (Å²) in [5.74, 6) is -0.0622. The molecule has 0 atom stereocenters. The predicted octanol–water partition coefficient (Wildman–Crippen LogP) is 7.25. The number of rotatable bonds is 17. The Kier molecular flexibility index (Phi) is 15.0. The van der Waals surface area contributed by atoms with Crippen LogP contribution >= 0.6 is 0 Å². The fourth-order valence-corrected chi connectivity index (χ4v) is 3.27. The third-order valence-electron chi connectivity index (χ3n) is 4.97. The Morgan fingerprint density at radius 2 is 1.23 bits per heavy atom. The molecule has 0 aliphatic heterocycles. The van der Waals surface area contributed by atoms with Crippen LogP contribution in [-0.4, -0.2) is 12.6 Å². The van der Waals surface area contributed by atoms with Gasteiger partial charge in [0.05, 0.1) is 6.61 Å². The van der Waals surface area contributed by atoms with E-state index >= 15 is 0 Å². The fraction of sp³-hybridized carbons (Fsp3) is 0.708. The molecule has 26 heavy (non-hydrogen) atoms. The second-order valence-corrected chi connectivity index (χ2v) is 7.45. The van der Waals surface area contributed by atoms with Crippen molar-refractivity contribution >= 4 is 5.97 Å². The van der Waals surface area contributed by atoms with E-state index in [2.05, 4.69) is 19.1 Å². The van der Waals surface area contributed by atoms with Gasteiger partial charge in [-0.15, -0.1) is 0 Å². The van der Waals surface area contributed by atoms with Crippen molar-refractivity contribution in [1.82, 2.24) is 0 Å². The summed E-state index contributed by atoms with van der Waals surface area (Å²) in [5, 5.41) is 0. The summed E-state index contributed by atoms with van der Waals surface area (Å²) in [4.78, 5) is 11.7. The van der Waals surface area contributed by atoms with Crippen molar-refractivity contribution in [2.75, 3.05) is 6.61 Å². The van der Waals surface area contributed by atoms with Crippen LogP contribution in [0.25, 0.3) is 0 Å². The van der Waals surface area contributed by atoms with E-state index in [0.29, 0.717) is 13.0 Å². The molecule has 0 aliphatic carbocycles. The molecule has 0 spiro atoms. The second kappa shape index (κ2) is 17.1. The van der Waals surface area contributed by atoms with Crippen LogP contribution in [-0.2, 0) is 16.0 Å². The highest BCUT2D eigenvalue weighted by molar-refractivity contribution is 5.69. The quantitative estimate of drug-likeness (QED) is 0.216. The van der Waals surface area contributed by atoms with E-state index in [-0.39, 0.29) is 5.97 Å². The Morgan fingerprint density at radius 3 is 1.77 bits per heavy atom. The summed E-state index contributed by atoms with van der Waals surface area (Å²) in [6.45, 7) is 2.86. The Hall–Kier alpha value is -1.31. The minimum absolute atomic E-state index is 0.0622. The van der Waals surface area contributed by atoms with Gasteiger partial charge in [-0.1, -0.05) is 114 Å². The van der Waals surface area contributed by atoms with Crippen LogP contribution in [0.5, 0.6) is 0 Å². The van der Waals surface area contributed by atoms with Gasteiger partial charge in [-0.2, -0.15) is 0 Å². The highest BCUT2D eigenvalue weighted by atomic mass is 16.5. The molecule has 0 radical (unpaired) electrons. The van der Waals surface area contributed by atoms with E-state index in [0.717, 1.165) is 12.8 Å². The molecule has 0 unspecified atom stereocenters. The lowest BCUT2D eigenvalue weighted by Gasteiger charge is -2.05. The number of hydrogen-bond donors (Lipinski definition) is 0. The molecule has 2 heteroatoms. The van der Waals surface area contributed by atoms with Crippen LogP contribution in [0.2, 0.25) is 0 Å². The van der Waals surface area contributed by atoms with E-state index in [1.807, 2.05) is 18.2 Å². The first-order valence-electron chi connectivity index (χ1n) is 11.0. The molecule has 0 N–H and O–H groups in total. The first-order valence-corrected chi connectivity index (χ1v) is 11.0. The maximum atomic E-state index is 11.7. The Balaban J connectivity index is 1.78. The highest BCUT2D eigenvalue weighted by Gasteiger charge is 2.03. The molecule has 1 aromatic rings. The first-order chi connectivity index (χ1) is 12.8. The Morgan fingerprint density at radius 1 is 0.731 bits per heavy atom. The Labute approximate surface area is 161 Å². The van der Waals surface area contributed by atoms with Gasteiger partial charge in [0.1, 0.15) is 0 Å². The van der Waals surface area contributed by atoms with E-state index < -0.39 is 0 Å². The van der Waals surface area contributed by atoms with Crippen LogP contribution in [0.4, 0.5) is 0 Å². The lowest BCUT2D eigenvalue weighted by Crippen LogP contribution is -2.07. The maximum Gasteiger partial charge on any atom is 0.306 e. The van der Waals surface area contributed by atoms with Gasteiger partial charge < -0.3 is 4.74 Å². The van der Waals surface area contributed by atoms with Crippen molar-refractivity contribution < 1.29 is 9.53 Å². The van der Waals surface area contributed by atoms with Crippen molar-refractivity contribution in [3.63, 3.8) is 0 Å². The van der Waals surface area contributed by atoms with Gasteiger partial charge in [0, 0.05) is 6.42 Å². The van der Waals surface area contributed by atoms with E-state index in [9.17, 15) is 4.79 Å². The molecular weight excluding hydrogens is 320 g/mol. The van der Waals surface area contributed by atoms with Crippen LogP contribution in [0, 0.1) is 0 Å². The lowest BCUT2D eigenvalue weighted by atomic mass is 10.0. The number of carbonyl (C=O) groups is 1. The minimum Gasteiger partial charge on any atom is -0.466 e. The third kappa shape index (κ3) is 13.9. The molecule has 0 heterocycles. The largest absolute Gasteiger partial charge is 0.466 e. The zero-order chi connectivity index (χ0) is 18.7. The average molecular weight is 361 g/mol. The summed E-state index contributed by atoms with van der Waals surface area (Å²) in [7, 11) is 0. The second-order valence-electron chi connectivity index (χ2n) is 7.45. The van der Waals surface area contributed by atoms with Crippen LogP contribution in [0.1, 0.15) is 102 Å². The molecule has 1 rings (SSSR count). The van der Waals surface area contributed by atoms with Crippen molar-refractivity contribution in [2.24, 2.45) is 0 Å². The molecule has 0 aliphatic rings. The first kappa shape index (κ1) is 22.7. The number of unbranched alkanes of at least 4 members (excludes halogenated alkanes) is 12. The Bertz CT molecular complexity index is 427. The molecule has 0 fully saturated rings. The number of esters is 1. The van der Waals surface area contributed by atoms with Crippen molar-refractivity contribution in [3.05, 3.63) is 35.9 Å². The zero-order valence-corrected chi connectivity index (χ0v) is 17.0. The zero-order valence-electron chi connectivity index (χ0n) is 17.0. The molecule has 148 valence electrons. The molecule has 1 aromatic carbocycles. The number of carbonyl (C=O) groups excluding carboxylic acids is 1. The summed E-state index contributed by atoms with van der Waals surface area (Å²) >= 11 is 0. The molecule has 0 saturated heterocycles. The topological polar surface area (TPSA) is 26.3 Å². The van der Waals surface area contributed by atoms with Gasteiger partial charge in [0.25, 0.3) is 0 Å². The van der Waals surface area contributed by atoms with Gasteiger partial charge in [-0.25, -0.2) is 0 Å². The minimum atomic E-state index is -0.0622. The van der Waals surface area contributed by atoms with E-state index in [1.165, 1.54) is 82.6 Å². The SMILES string of the molecule is CCCCCCCCCCCCCCCOC(=O)CCc1ccccc1. The summed E-state index contributed by atoms with van der Waals surface area (Å²) in [5.41, 5.74) is 1.20. The van der Waals surface area contributed by atoms with Gasteiger partial charge in [0.2, 0.25) is 0 Å². The van der Waals surface area contributed by atoms with Gasteiger partial charge in [-0.3, -0.25) is 4.79 Å². The van der Waals surface area contributed by atoms with Crippen molar-refractivity contribution in [2.45, 2.75) is 103 Å². The predicted molar refractivity (Wildman–Crippen MR) is 111 cm³/mol.